The van der Waals surface area contributed by atoms with Crippen LogP contribution in [0.2, 0.25) is 0 Å². The van der Waals surface area contributed by atoms with Crippen molar-refractivity contribution in [2.75, 3.05) is 6.61 Å². The third-order valence-corrected chi connectivity index (χ3v) is 3.25. The van der Waals surface area contributed by atoms with Crippen molar-refractivity contribution in [1.82, 2.24) is 0 Å². The van der Waals surface area contributed by atoms with Gasteiger partial charge in [0, 0.05) is 5.54 Å². The predicted molar refractivity (Wildman–Crippen MR) is 61.4 cm³/mol. The molecular weight excluding hydrogens is 186 g/mol. The van der Waals surface area contributed by atoms with Gasteiger partial charge in [-0.1, -0.05) is 43.7 Å². The molecule has 0 spiro atoms. The van der Waals surface area contributed by atoms with Gasteiger partial charge in [0.05, 0.1) is 13.2 Å². The zero-order valence-electron chi connectivity index (χ0n) is 9.28. The molecule has 0 aromatic heterocycles. The molecule has 2 heteroatoms. The van der Waals surface area contributed by atoms with Gasteiger partial charge in [0.1, 0.15) is 0 Å². The number of rotatable bonds is 5. The fraction of sp³-hybridized carbons (Fsp3) is 0.538. The lowest BCUT2D eigenvalue weighted by Gasteiger charge is -2.11. The Kier molecular flexibility index (Phi) is 3.08. The normalized spacial score (nSPS) is 29.1. The number of hydrogen-bond donors (Lipinski definition) is 1. The molecule has 15 heavy (non-hydrogen) atoms. The highest BCUT2D eigenvalue weighted by atomic mass is 16.5. The lowest BCUT2D eigenvalue weighted by atomic mass is 10.2. The molecule has 0 saturated heterocycles. The first-order valence-electron chi connectivity index (χ1n) is 5.65. The van der Waals surface area contributed by atoms with E-state index in [0.29, 0.717) is 19.1 Å². The third-order valence-electron chi connectivity index (χ3n) is 3.25. The number of benzene rings is 1. The SMILES string of the molecule is CC[C@@H]1C[C@@]1(N)COCc1ccccc1. The molecule has 1 saturated carbocycles. The molecule has 2 nitrogen and oxygen atoms in total. The van der Waals surface area contributed by atoms with Crippen LogP contribution in [0.4, 0.5) is 0 Å². The van der Waals surface area contributed by atoms with Crippen molar-refractivity contribution < 1.29 is 4.74 Å². The van der Waals surface area contributed by atoms with E-state index in [1.54, 1.807) is 0 Å². The zero-order valence-corrected chi connectivity index (χ0v) is 9.28. The van der Waals surface area contributed by atoms with Gasteiger partial charge >= 0.3 is 0 Å². The van der Waals surface area contributed by atoms with Crippen LogP contribution in [0.25, 0.3) is 0 Å². The van der Waals surface area contributed by atoms with Gasteiger partial charge < -0.3 is 10.5 Å². The molecule has 1 aliphatic rings. The van der Waals surface area contributed by atoms with Gasteiger partial charge in [0.15, 0.2) is 0 Å². The molecule has 1 aromatic carbocycles. The van der Waals surface area contributed by atoms with Crippen LogP contribution in [-0.4, -0.2) is 12.1 Å². The first-order chi connectivity index (χ1) is 7.24. The van der Waals surface area contributed by atoms with Crippen LogP contribution in [0, 0.1) is 5.92 Å². The Morgan fingerprint density at radius 3 is 2.73 bits per heavy atom. The van der Waals surface area contributed by atoms with Crippen LogP contribution in [0.5, 0.6) is 0 Å². The van der Waals surface area contributed by atoms with Gasteiger partial charge in [0.2, 0.25) is 0 Å². The van der Waals surface area contributed by atoms with Crippen molar-refractivity contribution in [1.29, 1.82) is 0 Å². The van der Waals surface area contributed by atoms with E-state index in [2.05, 4.69) is 19.1 Å². The molecule has 0 amide bonds. The molecule has 82 valence electrons. The third kappa shape index (κ3) is 2.58. The quantitative estimate of drug-likeness (QED) is 0.800. The highest BCUT2D eigenvalue weighted by Gasteiger charge is 2.49. The highest BCUT2D eigenvalue weighted by molar-refractivity contribution is 5.13. The lowest BCUT2D eigenvalue weighted by Crippen LogP contribution is -2.31. The first-order valence-corrected chi connectivity index (χ1v) is 5.65. The van der Waals surface area contributed by atoms with Crippen molar-refractivity contribution in [3.05, 3.63) is 35.9 Å². The summed E-state index contributed by atoms with van der Waals surface area (Å²) in [5.41, 5.74) is 7.33. The van der Waals surface area contributed by atoms with E-state index in [-0.39, 0.29) is 5.54 Å². The van der Waals surface area contributed by atoms with Crippen molar-refractivity contribution in [2.24, 2.45) is 11.7 Å². The fourth-order valence-corrected chi connectivity index (χ4v) is 2.06. The summed E-state index contributed by atoms with van der Waals surface area (Å²) in [5, 5.41) is 0. The minimum absolute atomic E-state index is 0.0243. The molecular formula is C13H19NO. The van der Waals surface area contributed by atoms with Gasteiger partial charge in [-0.05, 0) is 17.9 Å². The monoisotopic (exact) mass is 205 g/mol. The molecule has 0 bridgehead atoms. The summed E-state index contributed by atoms with van der Waals surface area (Å²) >= 11 is 0. The van der Waals surface area contributed by atoms with Crippen LogP contribution in [0.15, 0.2) is 30.3 Å². The van der Waals surface area contributed by atoms with Gasteiger partial charge in [-0.3, -0.25) is 0 Å². The van der Waals surface area contributed by atoms with Crippen molar-refractivity contribution in [3.8, 4) is 0 Å². The molecule has 1 aromatic rings. The van der Waals surface area contributed by atoms with Gasteiger partial charge in [-0.2, -0.15) is 0 Å². The summed E-state index contributed by atoms with van der Waals surface area (Å²) in [6, 6.07) is 10.2. The molecule has 0 aliphatic heterocycles. The highest BCUT2D eigenvalue weighted by Crippen LogP contribution is 2.43. The predicted octanol–water partition coefficient (Wildman–Crippen LogP) is 2.33. The van der Waals surface area contributed by atoms with Gasteiger partial charge in [-0.25, -0.2) is 0 Å². The van der Waals surface area contributed by atoms with Crippen LogP contribution in [0.3, 0.4) is 0 Å². The average Bonchev–Trinajstić information content (AvgIpc) is 2.91. The van der Waals surface area contributed by atoms with E-state index < -0.39 is 0 Å². The van der Waals surface area contributed by atoms with Crippen LogP contribution >= 0.6 is 0 Å². The second-order valence-electron chi connectivity index (χ2n) is 4.52. The standard InChI is InChI=1S/C13H19NO/c1-2-12-8-13(12,14)10-15-9-11-6-4-3-5-7-11/h3-7,12H,2,8-10,14H2,1H3/t12-,13-/m1/s1. The maximum Gasteiger partial charge on any atom is 0.0717 e. The van der Waals surface area contributed by atoms with E-state index in [1.165, 1.54) is 12.0 Å². The van der Waals surface area contributed by atoms with E-state index in [1.807, 2.05) is 18.2 Å². The second-order valence-corrected chi connectivity index (χ2v) is 4.52. The number of ether oxygens (including phenoxy) is 1. The second kappa shape index (κ2) is 4.33. The Labute approximate surface area is 91.4 Å². The summed E-state index contributed by atoms with van der Waals surface area (Å²) in [6.45, 7) is 3.56. The molecule has 1 fully saturated rings. The van der Waals surface area contributed by atoms with Crippen LogP contribution in [-0.2, 0) is 11.3 Å². The lowest BCUT2D eigenvalue weighted by molar-refractivity contribution is 0.0978. The van der Waals surface area contributed by atoms with Crippen LogP contribution < -0.4 is 5.73 Å². The Balaban J connectivity index is 1.72. The largest absolute Gasteiger partial charge is 0.375 e. The van der Waals surface area contributed by atoms with E-state index >= 15 is 0 Å². The Hall–Kier alpha value is -0.860. The van der Waals surface area contributed by atoms with Gasteiger partial charge in [0.25, 0.3) is 0 Å². The first kappa shape index (κ1) is 10.7. The van der Waals surface area contributed by atoms with Crippen LogP contribution in [0.1, 0.15) is 25.3 Å². The summed E-state index contributed by atoms with van der Waals surface area (Å²) < 4.78 is 5.65. The minimum atomic E-state index is -0.0243. The summed E-state index contributed by atoms with van der Waals surface area (Å²) in [5.74, 6) is 0.674. The van der Waals surface area contributed by atoms with E-state index in [9.17, 15) is 0 Å². The fourth-order valence-electron chi connectivity index (χ4n) is 2.06. The van der Waals surface area contributed by atoms with Gasteiger partial charge in [-0.15, -0.1) is 0 Å². The molecule has 0 heterocycles. The molecule has 0 radical (unpaired) electrons. The van der Waals surface area contributed by atoms with Crippen molar-refractivity contribution in [3.63, 3.8) is 0 Å². The topological polar surface area (TPSA) is 35.2 Å². The summed E-state index contributed by atoms with van der Waals surface area (Å²) in [4.78, 5) is 0. The smallest absolute Gasteiger partial charge is 0.0717 e. The summed E-state index contributed by atoms with van der Waals surface area (Å²) in [6.07, 6.45) is 2.30. The summed E-state index contributed by atoms with van der Waals surface area (Å²) in [7, 11) is 0. The molecule has 0 unspecified atom stereocenters. The number of nitrogens with two attached hydrogens (primary N) is 1. The van der Waals surface area contributed by atoms with Crippen molar-refractivity contribution in [2.45, 2.75) is 31.9 Å². The number of hydrogen-bond acceptors (Lipinski definition) is 2. The van der Waals surface area contributed by atoms with E-state index in [4.69, 9.17) is 10.5 Å². The zero-order chi connectivity index (χ0) is 10.7. The molecule has 2 atom stereocenters. The van der Waals surface area contributed by atoms with E-state index in [0.717, 1.165) is 6.42 Å². The molecule has 2 N–H and O–H groups in total. The average molecular weight is 205 g/mol. The molecule has 1 aliphatic carbocycles. The minimum Gasteiger partial charge on any atom is -0.375 e. The Morgan fingerprint density at radius 1 is 1.40 bits per heavy atom. The Morgan fingerprint density at radius 2 is 2.13 bits per heavy atom. The Bertz CT molecular complexity index is 312. The maximum absolute atomic E-state index is 6.14. The maximum atomic E-state index is 6.14. The molecule has 2 rings (SSSR count). The van der Waals surface area contributed by atoms with Crippen molar-refractivity contribution >= 4 is 0 Å².